The second-order valence-corrected chi connectivity index (χ2v) is 4.12. The molecule has 1 heterocycles. The Labute approximate surface area is 95.9 Å². The fraction of sp³-hybridized carbons (Fsp3) is 0.0909. The Morgan fingerprint density at radius 1 is 1.33 bits per heavy atom. The summed E-state index contributed by atoms with van der Waals surface area (Å²) < 4.78 is 2.73. The van der Waals surface area contributed by atoms with Gasteiger partial charge < -0.3 is 0 Å². The molecule has 15 heavy (non-hydrogen) atoms. The van der Waals surface area contributed by atoms with Gasteiger partial charge in [-0.15, -0.1) is 0 Å². The van der Waals surface area contributed by atoms with Gasteiger partial charge in [0.05, 0.1) is 5.69 Å². The summed E-state index contributed by atoms with van der Waals surface area (Å²) in [6.07, 6.45) is 0.752. The highest BCUT2D eigenvalue weighted by molar-refractivity contribution is 9.10. The first-order valence-corrected chi connectivity index (χ1v) is 5.25. The van der Waals surface area contributed by atoms with Gasteiger partial charge in [0.25, 0.3) is 0 Å². The number of carbonyl (C=O) groups excluding carboxylic acids is 1. The first kappa shape index (κ1) is 10.1. The van der Waals surface area contributed by atoms with Gasteiger partial charge in [0.2, 0.25) is 0 Å². The summed E-state index contributed by atoms with van der Waals surface area (Å²) in [6, 6.07) is 9.66. The molecule has 2 aromatic rings. The Morgan fingerprint density at radius 2 is 2.00 bits per heavy atom. The second-order valence-electron chi connectivity index (χ2n) is 3.20. The van der Waals surface area contributed by atoms with Crippen LogP contribution in [0.4, 0.5) is 0 Å². The average molecular weight is 265 g/mol. The number of hydrogen-bond acceptors (Lipinski definition) is 2. The van der Waals surface area contributed by atoms with Gasteiger partial charge in [0.15, 0.2) is 6.29 Å². The molecule has 1 aromatic heterocycles. The number of carbonyl (C=O) groups is 1. The highest BCUT2D eigenvalue weighted by Crippen LogP contribution is 2.21. The van der Waals surface area contributed by atoms with E-state index in [1.54, 1.807) is 10.7 Å². The van der Waals surface area contributed by atoms with Crippen LogP contribution < -0.4 is 0 Å². The van der Waals surface area contributed by atoms with Gasteiger partial charge in [-0.25, -0.2) is 0 Å². The summed E-state index contributed by atoms with van der Waals surface area (Å²) in [5.41, 5.74) is 2.43. The third kappa shape index (κ3) is 1.99. The number of aryl methyl sites for hydroxylation is 1. The van der Waals surface area contributed by atoms with Gasteiger partial charge in [-0.1, -0.05) is 28.1 Å². The Hall–Kier alpha value is -1.42. The number of benzene rings is 1. The van der Waals surface area contributed by atoms with Crippen molar-refractivity contribution in [1.29, 1.82) is 0 Å². The van der Waals surface area contributed by atoms with Crippen molar-refractivity contribution in [3.05, 3.63) is 40.5 Å². The predicted molar refractivity (Wildman–Crippen MR) is 61.7 cm³/mol. The van der Waals surface area contributed by atoms with Gasteiger partial charge in [-0.05, 0) is 23.8 Å². The lowest BCUT2D eigenvalue weighted by molar-refractivity contribution is 0.111. The van der Waals surface area contributed by atoms with E-state index >= 15 is 0 Å². The maximum atomic E-state index is 10.6. The van der Waals surface area contributed by atoms with Crippen molar-refractivity contribution in [2.45, 2.75) is 0 Å². The molecule has 0 radical (unpaired) electrons. The normalized spacial score (nSPS) is 10.3. The van der Waals surface area contributed by atoms with E-state index in [9.17, 15) is 4.79 Å². The minimum Gasteiger partial charge on any atom is -0.296 e. The molecule has 0 N–H and O–H groups in total. The summed E-state index contributed by atoms with van der Waals surface area (Å²) in [5.74, 6) is 0. The smallest absolute Gasteiger partial charge is 0.170 e. The largest absolute Gasteiger partial charge is 0.296 e. The number of halogens is 1. The number of nitrogens with zero attached hydrogens (tertiary/aromatic N) is 2. The SMILES string of the molecule is Cn1nc(C=O)cc1-c1ccc(Br)cc1. The van der Waals surface area contributed by atoms with Crippen molar-refractivity contribution in [2.24, 2.45) is 7.05 Å². The van der Waals surface area contributed by atoms with E-state index in [0.717, 1.165) is 22.0 Å². The fourth-order valence-electron chi connectivity index (χ4n) is 1.44. The molecule has 0 amide bonds. The first-order chi connectivity index (χ1) is 7.20. The topological polar surface area (TPSA) is 34.9 Å². The van der Waals surface area contributed by atoms with E-state index in [2.05, 4.69) is 21.0 Å². The number of hydrogen-bond donors (Lipinski definition) is 0. The summed E-state index contributed by atoms with van der Waals surface area (Å²) in [7, 11) is 1.82. The maximum Gasteiger partial charge on any atom is 0.170 e. The van der Waals surface area contributed by atoms with E-state index in [-0.39, 0.29) is 0 Å². The van der Waals surface area contributed by atoms with Crippen LogP contribution in [0.15, 0.2) is 34.8 Å². The number of aldehydes is 1. The van der Waals surface area contributed by atoms with Crippen LogP contribution in [0.5, 0.6) is 0 Å². The molecule has 0 saturated heterocycles. The summed E-state index contributed by atoms with van der Waals surface area (Å²) in [5, 5.41) is 4.06. The molecule has 76 valence electrons. The highest BCUT2D eigenvalue weighted by Gasteiger charge is 2.06. The van der Waals surface area contributed by atoms with Crippen molar-refractivity contribution in [1.82, 2.24) is 9.78 Å². The minimum atomic E-state index is 0.454. The fourth-order valence-corrected chi connectivity index (χ4v) is 1.70. The third-order valence-electron chi connectivity index (χ3n) is 2.16. The van der Waals surface area contributed by atoms with Crippen LogP contribution in [0, 0.1) is 0 Å². The molecule has 0 aliphatic rings. The predicted octanol–water partition coefficient (Wildman–Crippen LogP) is 2.66. The van der Waals surface area contributed by atoms with Crippen molar-refractivity contribution < 1.29 is 4.79 Å². The summed E-state index contributed by atoms with van der Waals surface area (Å²) in [4.78, 5) is 10.6. The Bertz CT molecular complexity index is 488. The quantitative estimate of drug-likeness (QED) is 0.782. The lowest BCUT2D eigenvalue weighted by Gasteiger charge is -2.01. The van der Waals surface area contributed by atoms with E-state index in [1.165, 1.54) is 0 Å². The molecule has 0 saturated carbocycles. The van der Waals surface area contributed by atoms with E-state index in [0.29, 0.717) is 5.69 Å². The van der Waals surface area contributed by atoms with Gasteiger partial charge in [0, 0.05) is 11.5 Å². The summed E-state index contributed by atoms with van der Waals surface area (Å²) in [6.45, 7) is 0. The molecule has 0 spiro atoms. The molecule has 0 unspecified atom stereocenters. The van der Waals surface area contributed by atoms with Crippen molar-refractivity contribution >= 4 is 22.2 Å². The second kappa shape index (κ2) is 3.98. The Kier molecular flexibility index (Phi) is 2.68. The molecular weight excluding hydrogens is 256 g/mol. The van der Waals surface area contributed by atoms with Gasteiger partial charge >= 0.3 is 0 Å². The van der Waals surface area contributed by atoms with Crippen LogP contribution in [0.3, 0.4) is 0 Å². The highest BCUT2D eigenvalue weighted by atomic mass is 79.9. The molecule has 2 rings (SSSR count). The molecule has 1 aromatic carbocycles. The molecule has 0 bridgehead atoms. The van der Waals surface area contributed by atoms with Crippen LogP contribution >= 0.6 is 15.9 Å². The molecule has 3 nitrogen and oxygen atoms in total. The van der Waals surface area contributed by atoms with Gasteiger partial charge in [-0.2, -0.15) is 5.10 Å². The van der Waals surface area contributed by atoms with Crippen LogP contribution in [-0.4, -0.2) is 16.1 Å². The van der Waals surface area contributed by atoms with E-state index in [4.69, 9.17) is 0 Å². The Balaban J connectivity index is 2.48. The maximum absolute atomic E-state index is 10.6. The third-order valence-corrected chi connectivity index (χ3v) is 2.69. The van der Waals surface area contributed by atoms with Crippen molar-refractivity contribution in [3.63, 3.8) is 0 Å². The molecule has 0 aliphatic heterocycles. The van der Waals surface area contributed by atoms with Gasteiger partial charge in [-0.3, -0.25) is 9.48 Å². The monoisotopic (exact) mass is 264 g/mol. The van der Waals surface area contributed by atoms with Gasteiger partial charge in [0.1, 0.15) is 5.69 Å². The molecule has 0 aliphatic carbocycles. The minimum absolute atomic E-state index is 0.454. The van der Waals surface area contributed by atoms with Crippen LogP contribution in [0.2, 0.25) is 0 Å². The lowest BCUT2D eigenvalue weighted by Crippen LogP contribution is -1.93. The van der Waals surface area contributed by atoms with Crippen molar-refractivity contribution in [3.8, 4) is 11.3 Å². The zero-order valence-corrected chi connectivity index (χ0v) is 9.73. The molecule has 0 atom stereocenters. The average Bonchev–Trinajstić information content (AvgIpc) is 2.61. The lowest BCUT2D eigenvalue weighted by atomic mass is 10.1. The Morgan fingerprint density at radius 3 is 2.53 bits per heavy atom. The van der Waals surface area contributed by atoms with E-state index < -0.39 is 0 Å². The van der Waals surface area contributed by atoms with Crippen LogP contribution in [0.25, 0.3) is 11.3 Å². The number of aromatic nitrogens is 2. The zero-order chi connectivity index (χ0) is 10.8. The van der Waals surface area contributed by atoms with E-state index in [1.807, 2.05) is 31.3 Å². The van der Waals surface area contributed by atoms with Crippen LogP contribution in [0.1, 0.15) is 10.5 Å². The molecular formula is C11H9BrN2O. The molecule has 0 fully saturated rings. The standard InChI is InChI=1S/C11H9BrN2O/c1-14-11(6-10(7-15)13-14)8-2-4-9(12)5-3-8/h2-7H,1H3. The first-order valence-electron chi connectivity index (χ1n) is 4.46. The summed E-state index contributed by atoms with van der Waals surface area (Å²) >= 11 is 3.38. The molecule has 4 heteroatoms. The van der Waals surface area contributed by atoms with Crippen LogP contribution in [-0.2, 0) is 7.05 Å². The van der Waals surface area contributed by atoms with Crippen molar-refractivity contribution in [2.75, 3.05) is 0 Å². The number of rotatable bonds is 2. The zero-order valence-electron chi connectivity index (χ0n) is 8.14.